The van der Waals surface area contributed by atoms with Crippen LogP contribution in [0.1, 0.15) is 28.4 Å². The van der Waals surface area contributed by atoms with Crippen LogP contribution >= 0.6 is 11.6 Å². The van der Waals surface area contributed by atoms with Crippen LogP contribution in [0.2, 0.25) is 5.15 Å². The molecule has 5 rings (SSSR count). The number of nitrogens with one attached hydrogen (secondary N) is 1. The molecule has 0 aliphatic heterocycles. The number of nitrogens with zero attached hydrogens (tertiary/aromatic N) is 1. The second kappa shape index (κ2) is 9.95. The summed E-state index contributed by atoms with van der Waals surface area (Å²) in [6, 6.07) is 19.4. The highest BCUT2D eigenvalue weighted by molar-refractivity contribution is 6.32. The van der Waals surface area contributed by atoms with Crippen LogP contribution in [0.25, 0.3) is 33.0 Å². The lowest BCUT2D eigenvalue weighted by atomic mass is 9.98. The lowest BCUT2D eigenvalue weighted by Crippen LogP contribution is -2.09. The van der Waals surface area contributed by atoms with Gasteiger partial charge in [-0.15, -0.1) is 0 Å². The zero-order valence-corrected chi connectivity index (χ0v) is 20.9. The molecule has 0 atom stereocenters. The molecule has 7 nitrogen and oxygen atoms in total. The molecule has 0 spiro atoms. The molecule has 0 radical (unpaired) electrons. The molecular formula is C29H23ClN2O5. The number of phenolic OH excluding ortho intramolecular Hbond substituents is 1. The molecule has 0 unspecified atom stereocenters. The zero-order valence-electron chi connectivity index (χ0n) is 20.2. The fraction of sp³-hybridized carbons (Fsp3) is 0.138. The number of phenols is 1. The first-order chi connectivity index (χ1) is 17.9. The van der Waals surface area contributed by atoms with E-state index >= 15 is 0 Å². The molecule has 2 aromatic heterocycles. The van der Waals surface area contributed by atoms with E-state index in [9.17, 15) is 14.7 Å². The number of ether oxygens (including phenoxy) is 1. The maximum Gasteiger partial charge on any atom is 0.344 e. The number of aromatic hydroxyl groups is 1. The third kappa shape index (κ3) is 4.61. The summed E-state index contributed by atoms with van der Waals surface area (Å²) in [5, 5.41) is 15.5. The lowest BCUT2D eigenvalue weighted by Gasteiger charge is -2.14. The summed E-state index contributed by atoms with van der Waals surface area (Å²) in [4.78, 5) is 29.6. The predicted molar refractivity (Wildman–Crippen MR) is 144 cm³/mol. The van der Waals surface area contributed by atoms with Gasteiger partial charge >= 0.3 is 11.6 Å². The van der Waals surface area contributed by atoms with Gasteiger partial charge in [0.2, 0.25) is 0 Å². The van der Waals surface area contributed by atoms with Gasteiger partial charge in [0.1, 0.15) is 16.5 Å². The summed E-state index contributed by atoms with van der Waals surface area (Å²) in [5.74, 6) is -0.403. The third-order valence-electron chi connectivity index (χ3n) is 6.23. The Kier molecular flexibility index (Phi) is 6.54. The second-order valence-electron chi connectivity index (χ2n) is 8.50. The van der Waals surface area contributed by atoms with Crippen molar-refractivity contribution in [3.8, 4) is 16.9 Å². The number of halogens is 1. The van der Waals surface area contributed by atoms with Crippen molar-refractivity contribution in [2.75, 3.05) is 11.9 Å². The van der Waals surface area contributed by atoms with Gasteiger partial charge in [-0.3, -0.25) is 0 Å². The van der Waals surface area contributed by atoms with Gasteiger partial charge in [0.25, 0.3) is 0 Å². The molecule has 186 valence electrons. The number of fused-ring (bicyclic) bond motifs is 2. The van der Waals surface area contributed by atoms with Crippen LogP contribution in [-0.2, 0) is 11.3 Å². The van der Waals surface area contributed by atoms with Gasteiger partial charge in [0.15, 0.2) is 0 Å². The Balaban J connectivity index is 1.52. The molecule has 0 bridgehead atoms. The van der Waals surface area contributed by atoms with Crippen LogP contribution in [0.15, 0.2) is 75.9 Å². The van der Waals surface area contributed by atoms with E-state index < -0.39 is 11.6 Å². The summed E-state index contributed by atoms with van der Waals surface area (Å²) < 4.78 is 10.8. The summed E-state index contributed by atoms with van der Waals surface area (Å²) in [6.45, 7) is 4.06. The van der Waals surface area contributed by atoms with Crippen molar-refractivity contribution in [3.05, 3.63) is 99.0 Å². The lowest BCUT2D eigenvalue weighted by molar-refractivity contribution is 0.0526. The van der Waals surface area contributed by atoms with Crippen molar-refractivity contribution >= 4 is 45.1 Å². The van der Waals surface area contributed by atoms with Crippen molar-refractivity contribution in [2.45, 2.75) is 20.4 Å². The van der Waals surface area contributed by atoms with E-state index in [-0.39, 0.29) is 23.0 Å². The molecule has 0 aliphatic carbocycles. The summed E-state index contributed by atoms with van der Waals surface area (Å²) >= 11 is 6.48. The molecule has 0 amide bonds. The van der Waals surface area contributed by atoms with Crippen LogP contribution in [0.4, 0.5) is 5.69 Å². The Morgan fingerprint density at radius 1 is 1.11 bits per heavy atom. The van der Waals surface area contributed by atoms with E-state index in [1.54, 1.807) is 43.3 Å². The fourth-order valence-corrected chi connectivity index (χ4v) is 4.58. The fourth-order valence-electron chi connectivity index (χ4n) is 4.34. The molecule has 0 fully saturated rings. The van der Waals surface area contributed by atoms with Crippen molar-refractivity contribution in [1.29, 1.82) is 0 Å². The normalized spacial score (nSPS) is 11.1. The highest BCUT2D eigenvalue weighted by Gasteiger charge is 2.20. The SMILES string of the molecule is CCOC(=O)c1ccc(NCc2c(O)ccc3c(C)c(-c4cc5ccccc5nc4Cl)c(=O)oc23)cc1. The number of aryl methyl sites for hydroxylation is 1. The standard InChI is InChI=1S/C29H23ClN2O5/c1-3-36-28(34)17-8-10-19(11-9-17)31-15-22-24(33)13-12-20-16(2)25(29(35)37-26(20)22)21-14-18-6-4-5-7-23(18)32-27(21)30/h4-14,31,33H,3,15H2,1-2H3. The Hall–Kier alpha value is -4.36. The molecule has 8 heteroatoms. The Labute approximate surface area is 217 Å². The minimum absolute atomic E-state index is 0.0103. The van der Waals surface area contributed by atoms with E-state index in [0.29, 0.717) is 45.5 Å². The van der Waals surface area contributed by atoms with Crippen LogP contribution in [-0.4, -0.2) is 22.7 Å². The topological polar surface area (TPSA) is 102 Å². The van der Waals surface area contributed by atoms with Crippen molar-refractivity contribution in [3.63, 3.8) is 0 Å². The van der Waals surface area contributed by atoms with Gasteiger partial charge in [-0.05, 0) is 67.9 Å². The van der Waals surface area contributed by atoms with Crippen LogP contribution in [0, 0.1) is 6.92 Å². The number of para-hydroxylation sites is 1. The second-order valence-corrected chi connectivity index (χ2v) is 8.86. The Bertz CT molecular complexity index is 1710. The predicted octanol–water partition coefficient (Wildman–Crippen LogP) is 6.46. The van der Waals surface area contributed by atoms with Gasteiger partial charge in [-0.1, -0.05) is 29.8 Å². The maximum atomic E-state index is 13.2. The number of hydrogen-bond acceptors (Lipinski definition) is 7. The number of anilines is 1. The first kappa shape index (κ1) is 24.3. The van der Waals surface area contributed by atoms with Crippen LogP contribution < -0.4 is 10.9 Å². The number of rotatable bonds is 6. The molecule has 37 heavy (non-hydrogen) atoms. The van der Waals surface area contributed by atoms with E-state index in [1.807, 2.05) is 37.3 Å². The van der Waals surface area contributed by atoms with Crippen molar-refractivity contribution < 1.29 is 19.1 Å². The number of benzene rings is 3. The number of hydrogen-bond donors (Lipinski definition) is 2. The van der Waals surface area contributed by atoms with E-state index in [1.165, 1.54) is 0 Å². The van der Waals surface area contributed by atoms with Crippen molar-refractivity contribution in [1.82, 2.24) is 4.98 Å². The van der Waals surface area contributed by atoms with Gasteiger partial charge in [0, 0.05) is 28.6 Å². The Morgan fingerprint density at radius 3 is 2.62 bits per heavy atom. The van der Waals surface area contributed by atoms with E-state index in [2.05, 4.69) is 10.3 Å². The first-order valence-electron chi connectivity index (χ1n) is 11.7. The zero-order chi connectivity index (χ0) is 26.1. The van der Waals surface area contributed by atoms with E-state index in [4.69, 9.17) is 20.8 Å². The van der Waals surface area contributed by atoms with Gasteiger partial charge in [0.05, 0.1) is 28.8 Å². The Morgan fingerprint density at radius 2 is 1.86 bits per heavy atom. The quantitative estimate of drug-likeness (QED) is 0.152. The maximum absolute atomic E-state index is 13.2. The largest absolute Gasteiger partial charge is 0.507 e. The number of pyridine rings is 1. The molecule has 2 N–H and O–H groups in total. The number of aromatic nitrogens is 1. The summed E-state index contributed by atoms with van der Waals surface area (Å²) in [6.07, 6.45) is 0. The van der Waals surface area contributed by atoms with Crippen LogP contribution in [0.3, 0.4) is 0 Å². The monoisotopic (exact) mass is 514 g/mol. The average molecular weight is 515 g/mol. The molecule has 0 saturated heterocycles. The molecule has 0 saturated carbocycles. The highest BCUT2D eigenvalue weighted by atomic mass is 35.5. The van der Waals surface area contributed by atoms with Crippen LogP contribution in [0.5, 0.6) is 5.75 Å². The molecule has 5 aromatic rings. The molecule has 0 aliphatic rings. The first-order valence-corrected chi connectivity index (χ1v) is 12.1. The highest BCUT2D eigenvalue weighted by Crippen LogP contribution is 2.35. The van der Waals surface area contributed by atoms with Gasteiger partial charge in [-0.2, -0.15) is 0 Å². The third-order valence-corrected chi connectivity index (χ3v) is 6.51. The van der Waals surface area contributed by atoms with E-state index in [0.717, 1.165) is 10.9 Å². The average Bonchev–Trinajstić information content (AvgIpc) is 2.89. The number of carbonyl (C=O) groups is 1. The van der Waals surface area contributed by atoms with Crippen molar-refractivity contribution in [2.24, 2.45) is 0 Å². The number of carbonyl (C=O) groups excluding carboxylic acids is 1. The van der Waals surface area contributed by atoms with Gasteiger partial charge < -0.3 is 19.6 Å². The molecular weight excluding hydrogens is 492 g/mol. The smallest absolute Gasteiger partial charge is 0.344 e. The minimum Gasteiger partial charge on any atom is -0.507 e. The summed E-state index contributed by atoms with van der Waals surface area (Å²) in [5.41, 5.74) is 3.52. The number of esters is 1. The minimum atomic E-state index is -0.574. The summed E-state index contributed by atoms with van der Waals surface area (Å²) in [7, 11) is 0. The molecule has 2 heterocycles. The molecule has 3 aromatic carbocycles. The van der Waals surface area contributed by atoms with Gasteiger partial charge in [-0.25, -0.2) is 14.6 Å².